The molecule has 0 saturated carbocycles. The zero-order valence-electron chi connectivity index (χ0n) is 21.1. The number of aliphatic hydroxyl groups is 1. The number of nitrogens with one attached hydrogen (secondary N) is 1. The number of aliphatic hydroxyl groups excluding tert-OH is 1. The molecule has 2 aromatic carbocycles. The lowest BCUT2D eigenvalue weighted by Gasteiger charge is -2.46. The van der Waals surface area contributed by atoms with Crippen LogP contribution in [0.3, 0.4) is 0 Å². The number of likely N-dealkylation sites (tertiary alicyclic amines) is 1. The van der Waals surface area contributed by atoms with E-state index in [0.29, 0.717) is 6.54 Å². The van der Waals surface area contributed by atoms with E-state index >= 15 is 0 Å². The number of alkyl halides is 3. The van der Waals surface area contributed by atoms with Gasteiger partial charge in [-0.3, -0.25) is 4.90 Å². The van der Waals surface area contributed by atoms with Crippen molar-refractivity contribution in [3.63, 3.8) is 0 Å². The van der Waals surface area contributed by atoms with Crippen LogP contribution in [0.4, 0.5) is 13.2 Å². The van der Waals surface area contributed by atoms with Gasteiger partial charge in [0.25, 0.3) is 0 Å². The Labute approximate surface area is 211 Å². The van der Waals surface area contributed by atoms with E-state index in [1.165, 1.54) is 11.6 Å². The summed E-state index contributed by atoms with van der Waals surface area (Å²) in [6.45, 7) is 8.77. The van der Waals surface area contributed by atoms with Crippen LogP contribution in [0.1, 0.15) is 50.7 Å². The van der Waals surface area contributed by atoms with Crippen LogP contribution in [0.25, 0.3) is 0 Å². The molecule has 8 heteroatoms. The average molecular weight is 504 g/mol. The molecule has 2 N–H and O–H groups in total. The Hall–Kier alpha value is -2.71. The van der Waals surface area contributed by atoms with Gasteiger partial charge in [-0.15, -0.1) is 0 Å². The normalized spacial score (nSPS) is 25.7. The Morgan fingerprint density at radius 2 is 1.83 bits per heavy atom. The van der Waals surface area contributed by atoms with Crippen LogP contribution in [-0.2, 0) is 6.18 Å². The number of rotatable bonds is 7. The van der Waals surface area contributed by atoms with Gasteiger partial charge in [0.2, 0.25) is 0 Å². The Morgan fingerprint density at radius 1 is 1.08 bits per heavy atom. The summed E-state index contributed by atoms with van der Waals surface area (Å²) in [7, 11) is 0. The number of hydrogen-bond acceptors (Lipinski definition) is 5. The Kier molecular flexibility index (Phi) is 8.15. The summed E-state index contributed by atoms with van der Waals surface area (Å²) < 4.78 is 40.1. The zero-order chi connectivity index (χ0) is 25.9. The van der Waals surface area contributed by atoms with Crippen molar-refractivity contribution in [1.29, 1.82) is 0 Å². The van der Waals surface area contributed by atoms with E-state index in [0.717, 1.165) is 49.5 Å². The molecule has 0 radical (unpaired) electrons. The van der Waals surface area contributed by atoms with Crippen LogP contribution in [0.5, 0.6) is 5.75 Å². The van der Waals surface area contributed by atoms with Crippen molar-refractivity contribution in [3.8, 4) is 5.75 Å². The molecular formula is C28H36F3N3O2. The SMILES string of the molecule is CC1=C(N[C@@H]2CCCN(CCO)C2)N(Oc2cccc(C(F)(F)F)c2)C(C)C(C)C1c1ccccc1. The number of hydroxylamine groups is 2. The smallest absolute Gasteiger partial charge is 0.395 e. The lowest BCUT2D eigenvalue weighted by atomic mass is 9.76. The van der Waals surface area contributed by atoms with Gasteiger partial charge in [-0.05, 0) is 68.5 Å². The highest BCUT2D eigenvalue weighted by Gasteiger charge is 2.40. The third kappa shape index (κ3) is 5.81. The van der Waals surface area contributed by atoms with Gasteiger partial charge < -0.3 is 15.3 Å². The van der Waals surface area contributed by atoms with Gasteiger partial charge >= 0.3 is 6.18 Å². The van der Waals surface area contributed by atoms with Crippen LogP contribution in [-0.4, -0.2) is 53.4 Å². The van der Waals surface area contributed by atoms with Crippen molar-refractivity contribution in [2.45, 2.75) is 57.8 Å². The number of benzene rings is 2. The molecule has 3 unspecified atom stereocenters. The second-order valence-electron chi connectivity index (χ2n) is 9.97. The van der Waals surface area contributed by atoms with E-state index in [9.17, 15) is 18.3 Å². The topological polar surface area (TPSA) is 48.0 Å². The highest BCUT2D eigenvalue weighted by Crippen LogP contribution is 2.42. The first-order valence-corrected chi connectivity index (χ1v) is 12.7. The third-order valence-electron chi connectivity index (χ3n) is 7.50. The maximum Gasteiger partial charge on any atom is 0.416 e. The average Bonchev–Trinajstić information content (AvgIpc) is 2.86. The molecular weight excluding hydrogens is 467 g/mol. The van der Waals surface area contributed by atoms with E-state index in [1.807, 2.05) is 18.2 Å². The predicted octanol–water partition coefficient (Wildman–Crippen LogP) is 5.40. The summed E-state index contributed by atoms with van der Waals surface area (Å²) in [6, 6.07) is 15.4. The molecule has 0 amide bonds. The molecule has 2 aliphatic heterocycles. The summed E-state index contributed by atoms with van der Waals surface area (Å²) in [4.78, 5) is 8.45. The van der Waals surface area contributed by atoms with Crippen molar-refractivity contribution in [2.24, 2.45) is 5.92 Å². The predicted molar refractivity (Wildman–Crippen MR) is 134 cm³/mol. The lowest BCUT2D eigenvalue weighted by molar-refractivity contribution is -0.138. The van der Waals surface area contributed by atoms with Gasteiger partial charge in [0, 0.05) is 25.0 Å². The molecule has 196 valence electrons. The van der Waals surface area contributed by atoms with Gasteiger partial charge in [0.1, 0.15) is 5.82 Å². The third-order valence-corrected chi connectivity index (χ3v) is 7.50. The fraction of sp³-hybridized carbons (Fsp3) is 0.500. The van der Waals surface area contributed by atoms with Gasteiger partial charge in [0.15, 0.2) is 5.75 Å². The summed E-state index contributed by atoms with van der Waals surface area (Å²) in [5.74, 6) is 1.26. The molecule has 0 aliphatic carbocycles. The summed E-state index contributed by atoms with van der Waals surface area (Å²) in [5.41, 5.74) is 1.57. The highest BCUT2D eigenvalue weighted by atomic mass is 19.4. The monoisotopic (exact) mass is 503 g/mol. The van der Waals surface area contributed by atoms with E-state index in [4.69, 9.17) is 4.84 Å². The minimum Gasteiger partial charge on any atom is -0.395 e. The maximum absolute atomic E-state index is 13.4. The molecule has 4 rings (SSSR count). The first-order valence-electron chi connectivity index (χ1n) is 12.7. The zero-order valence-corrected chi connectivity index (χ0v) is 21.1. The van der Waals surface area contributed by atoms with Crippen molar-refractivity contribution in [2.75, 3.05) is 26.2 Å². The first kappa shape index (κ1) is 26.4. The number of allylic oxidation sites excluding steroid dienone is 1. The fourth-order valence-corrected chi connectivity index (χ4v) is 5.49. The molecule has 2 aliphatic rings. The van der Waals surface area contributed by atoms with Crippen LogP contribution < -0.4 is 10.2 Å². The molecule has 4 atom stereocenters. The Balaban J connectivity index is 1.69. The van der Waals surface area contributed by atoms with E-state index < -0.39 is 11.7 Å². The van der Waals surface area contributed by atoms with Crippen molar-refractivity contribution in [1.82, 2.24) is 15.3 Å². The van der Waals surface area contributed by atoms with Gasteiger partial charge in [-0.1, -0.05) is 43.3 Å². The summed E-state index contributed by atoms with van der Waals surface area (Å²) in [6.07, 6.45) is -2.47. The van der Waals surface area contributed by atoms with E-state index in [1.54, 1.807) is 11.1 Å². The second-order valence-corrected chi connectivity index (χ2v) is 9.97. The number of nitrogens with zero attached hydrogens (tertiary/aromatic N) is 2. The second kappa shape index (κ2) is 11.1. The Morgan fingerprint density at radius 3 is 2.53 bits per heavy atom. The minimum atomic E-state index is -4.44. The molecule has 5 nitrogen and oxygen atoms in total. The first-order chi connectivity index (χ1) is 17.2. The van der Waals surface area contributed by atoms with E-state index in [-0.39, 0.29) is 36.3 Å². The van der Waals surface area contributed by atoms with Crippen molar-refractivity contribution < 1.29 is 23.1 Å². The number of piperidine rings is 1. The van der Waals surface area contributed by atoms with Crippen LogP contribution in [0.2, 0.25) is 0 Å². The van der Waals surface area contributed by atoms with Gasteiger partial charge in [0.05, 0.1) is 18.2 Å². The van der Waals surface area contributed by atoms with Gasteiger partial charge in [-0.2, -0.15) is 18.2 Å². The van der Waals surface area contributed by atoms with Crippen LogP contribution in [0.15, 0.2) is 66.0 Å². The molecule has 0 spiro atoms. The fourth-order valence-electron chi connectivity index (χ4n) is 5.49. The molecule has 36 heavy (non-hydrogen) atoms. The summed E-state index contributed by atoms with van der Waals surface area (Å²) in [5, 5.41) is 14.9. The van der Waals surface area contributed by atoms with Crippen molar-refractivity contribution in [3.05, 3.63) is 77.1 Å². The molecule has 2 aromatic rings. The number of β-amino-alcohol motifs (C(OH)–C–C–N with tert-alkyl or cyclic N) is 1. The lowest BCUT2D eigenvalue weighted by Crippen LogP contribution is -2.54. The summed E-state index contributed by atoms with van der Waals surface area (Å²) >= 11 is 0. The molecule has 0 aromatic heterocycles. The van der Waals surface area contributed by atoms with Crippen LogP contribution >= 0.6 is 0 Å². The molecule has 1 saturated heterocycles. The van der Waals surface area contributed by atoms with Crippen molar-refractivity contribution >= 4 is 0 Å². The molecule has 0 bridgehead atoms. The highest BCUT2D eigenvalue weighted by molar-refractivity contribution is 5.35. The largest absolute Gasteiger partial charge is 0.416 e. The quantitative estimate of drug-likeness (QED) is 0.530. The minimum absolute atomic E-state index is 0.104. The molecule has 1 fully saturated rings. The number of hydrogen-bond donors (Lipinski definition) is 2. The van der Waals surface area contributed by atoms with Gasteiger partial charge in [-0.25, -0.2) is 0 Å². The maximum atomic E-state index is 13.4. The van der Waals surface area contributed by atoms with Crippen LogP contribution in [0, 0.1) is 5.92 Å². The van der Waals surface area contributed by atoms with E-state index in [2.05, 4.69) is 43.1 Å². The molecule has 2 heterocycles. The number of halogens is 3. The Bertz CT molecular complexity index is 1040. The standard InChI is InChI=1S/C28H36F3N3O2/c1-19-21(3)34(36-25-13-7-11-23(17-25)28(29,30)31)27(20(2)26(19)22-9-5-4-6-10-22)32-24-12-8-14-33(18-24)15-16-35/h4-7,9-11,13,17,19,21,24,26,32,35H,8,12,14-16,18H2,1-3H3/t19?,21?,24-,26?/m1/s1.